The van der Waals surface area contributed by atoms with Gasteiger partial charge in [0.2, 0.25) is 0 Å². The van der Waals surface area contributed by atoms with E-state index in [0.717, 1.165) is 25.2 Å². The largest absolute Gasteiger partial charge is 0.349 e. The summed E-state index contributed by atoms with van der Waals surface area (Å²) >= 11 is 0. The maximum Gasteiger partial charge on any atom is 0.273 e. The van der Waals surface area contributed by atoms with Gasteiger partial charge in [0.1, 0.15) is 5.82 Å². The molecule has 1 saturated heterocycles. The van der Waals surface area contributed by atoms with Gasteiger partial charge >= 0.3 is 0 Å². The average molecular weight is 359 g/mol. The molecule has 1 aromatic carbocycles. The SMILES string of the molecule is C[C@H](c1ccc(F)cc1)n1cc(C(=O)NCCN2CCCCCC2)nn1. The number of amides is 1. The van der Waals surface area contributed by atoms with Crippen LogP contribution in [0.4, 0.5) is 4.39 Å². The summed E-state index contributed by atoms with van der Waals surface area (Å²) in [5, 5.41) is 10.9. The Morgan fingerprint density at radius 2 is 1.88 bits per heavy atom. The summed E-state index contributed by atoms with van der Waals surface area (Å²) in [6.07, 6.45) is 6.72. The van der Waals surface area contributed by atoms with Crippen molar-refractivity contribution in [3.63, 3.8) is 0 Å². The Bertz CT molecular complexity index is 707. The van der Waals surface area contributed by atoms with E-state index >= 15 is 0 Å². The van der Waals surface area contributed by atoms with Crippen LogP contribution in [-0.2, 0) is 0 Å². The molecule has 0 spiro atoms. The lowest BCUT2D eigenvalue weighted by Gasteiger charge is -2.19. The summed E-state index contributed by atoms with van der Waals surface area (Å²) in [5.74, 6) is -0.485. The topological polar surface area (TPSA) is 63.1 Å². The quantitative estimate of drug-likeness (QED) is 0.861. The van der Waals surface area contributed by atoms with E-state index in [0.29, 0.717) is 12.2 Å². The second kappa shape index (κ2) is 8.89. The van der Waals surface area contributed by atoms with Crippen LogP contribution < -0.4 is 5.32 Å². The van der Waals surface area contributed by atoms with Crippen LogP contribution in [0.25, 0.3) is 0 Å². The van der Waals surface area contributed by atoms with Crippen molar-refractivity contribution in [3.05, 3.63) is 47.5 Å². The summed E-state index contributed by atoms with van der Waals surface area (Å²) in [4.78, 5) is 14.7. The lowest BCUT2D eigenvalue weighted by Crippen LogP contribution is -2.35. The highest BCUT2D eigenvalue weighted by atomic mass is 19.1. The standard InChI is InChI=1S/C19H26FN5O/c1-15(16-6-8-17(20)9-7-16)25-14-18(22-23-25)19(26)21-10-13-24-11-4-2-3-5-12-24/h6-9,14-15H,2-5,10-13H2,1H3,(H,21,26)/t15-/m1/s1. The van der Waals surface area contributed by atoms with E-state index in [1.54, 1.807) is 23.0 Å². The summed E-state index contributed by atoms with van der Waals surface area (Å²) in [6.45, 7) is 5.64. The van der Waals surface area contributed by atoms with Gasteiger partial charge in [-0.2, -0.15) is 0 Å². The molecule has 1 atom stereocenters. The van der Waals surface area contributed by atoms with E-state index in [-0.39, 0.29) is 17.8 Å². The van der Waals surface area contributed by atoms with Gasteiger partial charge in [0, 0.05) is 13.1 Å². The van der Waals surface area contributed by atoms with Crippen molar-refractivity contribution in [1.82, 2.24) is 25.2 Å². The van der Waals surface area contributed by atoms with Crippen LogP contribution in [0.2, 0.25) is 0 Å². The molecule has 0 unspecified atom stereocenters. The fraction of sp³-hybridized carbons (Fsp3) is 0.526. The summed E-state index contributed by atoms with van der Waals surface area (Å²) in [5.41, 5.74) is 1.21. The van der Waals surface area contributed by atoms with E-state index < -0.39 is 0 Å². The number of benzene rings is 1. The van der Waals surface area contributed by atoms with Gasteiger partial charge in [-0.25, -0.2) is 9.07 Å². The second-order valence-electron chi connectivity index (χ2n) is 6.82. The van der Waals surface area contributed by atoms with Crippen molar-refractivity contribution in [2.24, 2.45) is 0 Å². The fourth-order valence-electron chi connectivity index (χ4n) is 3.24. The fourth-order valence-corrected chi connectivity index (χ4v) is 3.24. The Balaban J connectivity index is 1.51. The van der Waals surface area contributed by atoms with Crippen LogP contribution in [0.15, 0.2) is 30.5 Å². The zero-order valence-corrected chi connectivity index (χ0v) is 15.2. The number of nitrogens with zero attached hydrogens (tertiary/aromatic N) is 4. The van der Waals surface area contributed by atoms with Crippen LogP contribution in [0.1, 0.15) is 54.7 Å². The molecule has 6 nitrogen and oxygen atoms in total. The minimum atomic E-state index is -0.274. The molecule has 1 fully saturated rings. The molecule has 1 aromatic heterocycles. The Kier molecular flexibility index (Phi) is 6.33. The minimum absolute atomic E-state index is 0.123. The number of halogens is 1. The molecule has 1 aliphatic rings. The second-order valence-corrected chi connectivity index (χ2v) is 6.82. The highest BCUT2D eigenvalue weighted by Gasteiger charge is 2.15. The Hall–Kier alpha value is -2.28. The molecule has 1 N–H and O–H groups in total. The molecule has 0 aliphatic carbocycles. The number of nitrogens with one attached hydrogen (secondary N) is 1. The number of likely N-dealkylation sites (tertiary alicyclic amines) is 1. The lowest BCUT2D eigenvalue weighted by molar-refractivity contribution is 0.0943. The van der Waals surface area contributed by atoms with Gasteiger partial charge in [-0.3, -0.25) is 4.79 Å². The third kappa shape index (κ3) is 4.88. The number of hydrogen-bond donors (Lipinski definition) is 1. The number of rotatable bonds is 6. The van der Waals surface area contributed by atoms with Crippen LogP contribution in [0, 0.1) is 5.82 Å². The van der Waals surface area contributed by atoms with Gasteiger partial charge in [-0.1, -0.05) is 30.2 Å². The monoisotopic (exact) mass is 359 g/mol. The zero-order valence-electron chi connectivity index (χ0n) is 15.2. The van der Waals surface area contributed by atoms with E-state index in [9.17, 15) is 9.18 Å². The molecule has 1 aliphatic heterocycles. The molecule has 2 aromatic rings. The summed E-state index contributed by atoms with van der Waals surface area (Å²) in [6, 6.07) is 6.13. The van der Waals surface area contributed by atoms with Crippen LogP contribution in [0.3, 0.4) is 0 Å². The van der Waals surface area contributed by atoms with Crippen LogP contribution in [0.5, 0.6) is 0 Å². The molecule has 0 radical (unpaired) electrons. The van der Waals surface area contributed by atoms with Crippen LogP contribution in [-0.4, -0.2) is 52.0 Å². The molecule has 0 bridgehead atoms. The number of carbonyl (C=O) groups is 1. The summed E-state index contributed by atoms with van der Waals surface area (Å²) in [7, 11) is 0. The van der Waals surface area contributed by atoms with Gasteiger partial charge < -0.3 is 10.2 Å². The maximum atomic E-state index is 13.0. The number of carbonyl (C=O) groups excluding carboxylic acids is 1. The molecule has 0 saturated carbocycles. The Morgan fingerprint density at radius 3 is 2.58 bits per heavy atom. The van der Waals surface area contributed by atoms with E-state index in [1.807, 2.05) is 6.92 Å². The molecular weight excluding hydrogens is 333 g/mol. The van der Waals surface area contributed by atoms with Gasteiger partial charge in [0.05, 0.1) is 12.2 Å². The lowest BCUT2D eigenvalue weighted by atomic mass is 10.1. The zero-order chi connectivity index (χ0) is 18.4. The van der Waals surface area contributed by atoms with E-state index in [2.05, 4.69) is 20.5 Å². The molecular formula is C19H26FN5O. The first-order valence-corrected chi connectivity index (χ1v) is 9.31. The van der Waals surface area contributed by atoms with E-state index in [4.69, 9.17) is 0 Å². The first-order valence-electron chi connectivity index (χ1n) is 9.31. The molecule has 1 amide bonds. The third-order valence-electron chi connectivity index (χ3n) is 4.90. The highest BCUT2D eigenvalue weighted by Crippen LogP contribution is 2.17. The first kappa shape index (κ1) is 18.5. The molecule has 2 heterocycles. The molecule has 140 valence electrons. The maximum absolute atomic E-state index is 13.0. The van der Waals surface area contributed by atoms with Crippen molar-refractivity contribution in [3.8, 4) is 0 Å². The first-order chi connectivity index (χ1) is 12.6. The minimum Gasteiger partial charge on any atom is -0.349 e. The molecule has 26 heavy (non-hydrogen) atoms. The number of aromatic nitrogens is 3. The van der Waals surface area contributed by atoms with Crippen molar-refractivity contribution in [2.45, 2.75) is 38.6 Å². The van der Waals surface area contributed by atoms with Crippen molar-refractivity contribution in [1.29, 1.82) is 0 Å². The smallest absolute Gasteiger partial charge is 0.273 e. The predicted octanol–water partition coefficient (Wildman–Crippen LogP) is 2.63. The average Bonchev–Trinajstić information content (AvgIpc) is 3.00. The highest BCUT2D eigenvalue weighted by molar-refractivity contribution is 5.91. The molecule has 3 rings (SSSR count). The van der Waals surface area contributed by atoms with Crippen LogP contribution >= 0.6 is 0 Å². The van der Waals surface area contributed by atoms with E-state index in [1.165, 1.54) is 37.8 Å². The Morgan fingerprint density at radius 1 is 1.19 bits per heavy atom. The van der Waals surface area contributed by atoms with Crippen molar-refractivity contribution >= 4 is 5.91 Å². The predicted molar refractivity (Wildman–Crippen MR) is 97.5 cm³/mol. The van der Waals surface area contributed by atoms with Gasteiger partial charge in [-0.05, 0) is 50.6 Å². The van der Waals surface area contributed by atoms with Gasteiger partial charge in [0.25, 0.3) is 5.91 Å². The van der Waals surface area contributed by atoms with Crippen molar-refractivity contribution < 1.29 is 9.18 Å². The van der Waals surface area contributed by atoms with Crippen molar-refractivity contribution in [2.75, 3.05) is 26.2 Å². The molecule has 7 heteroatoms. The van der Waals surface area contributed by atoms with Gasteiger partial charge in [-0.15, -0.1) is 5.10 Å². The Labute approximate surface area is 153 Å². The summed E-state index contributed by atoms with van der Waals surface area (Å²) < 4.78 is 14.7. The number of hydrogen-bond acceptors (Lipinski definition) is 4. The normalized spacial score (nSPS) is 16.8. The van der Waals surface area contributed by atoms with Gasteiger partial charge in [0.15, 0.2) is 5.69 Å². The third-order valence-corrected chi connectivity index (χ3v) is 4.90.